The average molecular weight is 318 g/mol. The molecule has 2 aromatic heterocycles. The van der Waals surface area contributed by atoms with Gasteiger partial charge in [0.05, 0.1) is 27.9 Å². The molecule has 1 unspecified atom stereocenters. The Morgan fingerprint density at radius 3 is 2.73 bits per heavy atom. The second-order valence-corrected chi connectivity index (χ2v) is 6.61. The Morgan fingerprint density at radius 2 is 2.14 bits per heavy atom. The Labute approximate surface area is 135 Å². The number of thiophene rings is 1. The Morgan fingerprint density at radius 1 is 1.36 bits per heavy atom. The maximum absolute atomic E-state index is 12.2. The number of amides is 1. The highest BCUT2D eigenvalue weighted by Crippen LogP contribution is 2.23. The summed E-state index contributed by atoms with van der Waals surface area (Å²) in [5.74, 6) is 0.0593. The molecule has 22 heavy (non-hydrogen) atoms. The fraction of sp³-hybridized carbons (Fsp3) is 0.412. The van der Waals surface area contributed by atoms with Gasteiger partial charge >= 0.3 is 0 Å². The van der Waals surface area contributed by atoms with Crippen molar-refractivity contribution in [3.05, 3.63) is 40.9 Å². The Bertz CT molecular complexity index is 624. The van der Waals surface area contributed by atoms with Crippen molar-refractivity contribution < 1.29 is 9.90 Å². The summed E-state index contributed by atoms with van der Waals surface area (Å²) in [7, 11) is 0. The van der Waals surface area contributed by atoms with Crippen LogP contribution in [0.1, 0.15) is 36.3 Å². The van der Waals surface area contributed by atoms with E-state index >= 15 is 0 Å². The maximum atomic E-state index is 12.2. The smallest absolute Gasteiger partial charge is 0.253 e. The Balaban J connectivity index is 1.99. The van der Waals surface area contributed by atoms with E-state index in [0.717, 1.165) is 10.6 Å². The number of aryl methyl sites for hydroxylation is 1. The molecule has 0 aromatic carbocycles. The minimum atomic E-state index is -0.388. The van der Waals surface area contributed by atoms with Gasteiger partial charge in [-0.05, 0) is 42.8 Å². The highest BCUT2D eigenvalue weighted by Gasteiger charge is 2.13. The molecule has 0 bridgehead atoms. The van der Waals surface area contributed by atoms with Crippen molar-refractivity contribution >= 4 is 17.2 Å². The Hall–Kier alpha value is -1.72. The van der Waals surface area contributed by atoms with Crippen LogP contribution in [0.25, 0.3) is 10.6 Å². The van der Waals surface area contributed by atoms with Crippen molar-refractivity contribution in [2.24, 2.45) is 5.92 Å². The predicted octanol–water partition coefficient (Wildman–Crippen LogP) is 3.26. The van der Waals surface area contributed by atoms with Crippen LogP contribution in [0.15, 0.2) is 29.6 Å². The molecule has 1 amide bonds. The third-order valence-electron chi connectivity index (χ3n) is 3.60. The van der Waals surface area contributed by atoms with E-state index in [2.05, 4.69) is 10.3 Å². The van der Waals surface area contributed by atoms with E-state index in [9.17, 15) is 9.90 Å². The Kier molecular flexibility index (Phi) is 5.69. The van der Waals surface area contributed by atoms with Gasteiger partial charge in [-0.25, -0.2) is 0 Å². The number of hydrogen-bond donors (Lipinski definition) is 2. The van der Waals surface area contributed by atoms with Crippen LogP contribution in [-0.4, -0.2) is 28.6 Å². The fourth-order valence-electron chi connectivity index (χ4n) is 2.12. The van der Waals surface area contributed by atoms with Crippen molar-refractivity contribution in [2.75, 3.05) is 6.54 Å². The topological polar surface area (TPSA) is 62.2 Å². The first-order chi connectivity index (χ1) is 10.5. The first-order valence-corrected chi connectivity index (χ1v) is 8.34. The lowest BCUT2D eigenvalue weighted by molar-refractivity contribution is 0.0919. The van der Waals surface area contributed by atoms with Crippen LogP contribution in [0.5, 0.6) is 0 Å². The van der Waals surface area contributed by atoms with Crippen molar-refractivity contribution in [2.45, 2.75) is 33.3 Å². The largest absolute Gasteiger partial charge is 0.393 e. The molecule has 0 aliphatic carbocycles. The van der Waals surface area contributed by atoms with Gasteiger partial charge in [0, 0.05) is 6.54 Å². The van der Waals surface area contributed by atoms with Gasteiger partial charge in [-0.15, -0.1) is 11.3 Å². The number of nitrogens with zero attached hydrogens (tertiary/aromatic N) is 1. The summed E-state index contributed by atoms with van der Waals surface area (Å²) in [4.78, 5) is 17.8. The molecule has 2 aromatic rings. The van der Waals surface area contributed by atoms with Crippen LogP contribution in [0, 0.1) is 12.8 Å². The minimum absolute atomic E-state index is 0.140. The monoisotopic (exact) mass is 318 g/mol. The normalized spacial score (nSPS) is 12.4. The quantitative estimate of drug-likeness (QED) is 0.859. The lowest BCUT2D eigenvalue weighted by Crippen LogP contribution is -2.29. The second-order valence-electron chi connectivity index (χ2n) is 5.66. The summed E-state index contributed by atoms with van der Waals surface area (Å²) in [6.07, 6.45) is 0.170. The van der Waals surface area contributed by atoms with E-state index in [1.54, 1.807) is 11.3 Å². The van der Waals surface area contributed by atoms with E-state index in [0.29, 0.717) is 24.2 Å². The van der Waals surface area contributed by atoms with Crippen molar-refractivity contribution in [1.82, 2.24) is 10.3 Å². The molecular formula is C17H22N2O2S. The zero-order valence-electron chi connectivity index (χ0n) is 13.2. The summed E-state index contributed by atoms with van der Waals surface area (Å²) in [5.41, 5.74) is 2.19. The highest BCUT2D eigenvalue weighted by molar-refractivity contribution is 7.13. The first-order valence-electron chi connectivity index (χ1n) is 7.47. The molecule has 0 radical (unpaired) electrons. The number of nitrogens with one attached hydrogen (secondary N) is 1. The van der Waals surface area contributed by atoms with Crippen molar-refractivity contribution in [1.29, 1.82) is 0 Å². The van der Waals surface area contributed by atoms with Gasteiger partial charge in [0.2, 0.25) is 0 Å². The van der Waals surface area contributed by atoms with E-state index in [1.165, 1.54) is 0 Å². The molecule has 1 atom stereocenters. The van der Waals surface area contributed by atoms with Crippen LogP contribution in [-0.2, 0) is 0 Å². The summed E-state index contributed by atoms with van der Waals surface area (Å²) in [6.45, 7) is 6.23. The van der Waals surface area contributed by atoms with Crippen LogP contribution >= 0.6 is 11.3 Å². The van der Waals surface area contributed by atoms with Gasteiger partial charge in [-0.1, -0.05) is 19.9 Å². The lowest BCUT2D eigenvalue weighted by Gasteiger charge is -2.14. The van der Waals surface area contributed by atoms with Crippen LogP contribution in [0.3, 0.4) is 0 Å². The molecular weight excluding hydrogens is 296 g/mol. The number of aliphatic hydroxyl groups is 1. The number of rotatable bonds is 6. The maximum Gasteiger partial charge on any atom is 0.253 e. The number of pyridine rings is 1. The summed E-state index contributed by atoms with van der Waals surface area (Å²) in [6, 6.07) is 7.68. The molecule has 2 heterocycles. The summed E-state index contributed by atoms with van der Waals surface area (Å²) < 4.78 is 0. The van der Waals surface area contributed by atoms with Crippen molar-refractivity contribution in [3.8, 4) is 10.6 Å². The molecule has 0 saturated heterocycles. The first kappa shape index (κ1) is 16.6. The molecule has 2 rings (SSSR count). The van der Waals surface area contributed by atoms with Crippen LogP contribution < -0.4 is 5.32 Å². The molecule has 4 nitrogen and oxygen atoms in total. The second kappa shape index (κ2) is 7.51. The van der Waals surface area contributed by atoms with Crippen molar-refractivity contribution in [3.63, 3.8) is 0 Å². The fourth-order valence-corrected chi connectivity index (χ4v) is 2.82. The van der Waals surface area contributed by atoms with Gasteiger partial charge in [0.1, 0.15) is 0 Å². The predicted molar refractivity (Wildman–Crippen MR) is 90.1 cm³/mol. The minimum Gasteiger partial charge on any atom is -0.393 e. The van der Waals surface area contributed by atoms with Gasteiger partial charge in [-0.3, -0.25) is 9.78 Å². The van der Waals surface area contributed by atoms with E-state index in [-0.39, 0.29) is 17.9 Å². The highest BCUT2D eigenvalue weighted by atomic mass is 32.1. The van der Waals surface area contributed by atoms with Crippen LogP contribution in [0.2, 0.25) is 0 Å². The van der Waals surface area contributed by atoms with Gasteiger partial charge < -0.3 is 10.4 Å². The van der Waals surface area contributed by atoms with E-state index in [4.69, 9.17) is 0 Å². The molecule has 118 valence electrons. The molecule has 2 N–H and O–H groups in total. The third-order valence-corrected chi connectivity index (χ3v) is 4.49. The molecule has 0 aliphatic heterocycles. The van der Waals surface area contributed by atoms with Gasteiger partial charge in [0.15, 0.2) is 0 Å². The molecule has 0 saturated carbocycles. The average Bonchev–Trinajstić information content (AvgIpc) is 3.00. The van der Waals surface area contributed by atoms with Gasteiger partial charge in [-0.2, -0.15) is 0 Å². The molecule has 0 aliphatic rings. The zero-order chi connectivity index (χ0) is 16.1. The summed E-state index contributed by atoms with van der Waals surface area (Å²) >= 11 is 1.63. The number of carbonyl (C=O) groups excluding carboxylic acids is 1. The van der Waals surface area contributed by atoms with E-state index in [1.807, 2.05) is 50.4 Å². The number of aromatic nitrogens is 1. The molecule has 0 spiro atoms. The number of aliphatic hydroxyl groups excluding tert-OH is 1. The van der Waals surface area contributed by atoms with Crippen LogP contribution in [0.4, 0.5) is 0 Å². The lowest BCUT2D eigenvalue weighted by atomic mass is 10.0. The van der Waals surface area contributed by atoms with Gasteiger partial charge in [0.25, 0.3) is 5.91 Å². The number of hydrogen-bond acceptors (Lipinski definition) is 4. The molecule has 0 fully saturated rings. The molecule has 5 heteroatoms. The summed E-state index contributed by atoms with van der Waals surface area (Å²) in [5, 5.41) is 14.6. The number of carbonyl (C=O) groups is 1. The SMILES string of the molecule is Cc1nc(-c2cccs2)ccc1C(=O)NCCC(O)C(C)C. The zero-order valence-corrected chi connectivity index (χ0v) is 14.0. The third kappa shape index (κ3) is 4.15. The standard InChI is InChI=1S/C17H22N2O2S/c1-11(2)15(20)8-9-18-17(21)13-6-7-14(19-12(13)3)16-5-4-10-22-16/h4-7,10-11,15,20H,8-9H2,1-3H3,(H,18,21). The van der Waals surface area contributed by atoms with E-state index < -0.39 is 0 Å².